The van der Waals surface area contributed by atoms with E-state index >= 15 is 0 Å². The molecule has 1 aliphatic carbocycles. The molecule has 7 heteroatoms. The molecule has 0 bridgehead atoms. The number of hydrogen-bond acceptors (Lipinski definition) is 4. The molecule has 4 N–H and O–H groups in total. The van der Waals surface area contributed by atoms with Gasteiger partial charge in [-0.2, -0.15) is 0 Å². The second kappa shape index (κ2) is 8.20. The first-order valence-electron chi connectivity index (χ1n) is 7.38. The molecule has 2 aliphatic rings. The van der Waals surface area contributed by atoms with Crippen molar-refractivity contribution in [3.05, 3.63) is 23.5 Å². The molecule has 1 heterocycles. The van der Waals surface area contributed by atoms with Crippen LogP contribution in [-0.4, -0.2) is 36.2 Å². The lowest BCUT2D eigenvalue weighted by Crippen LogP contribution is -2.45. The van der Waals surface area contributed by atoms with Crippen molar-refractivity contribution >= 4 is 30.5 Å². The number of nitrogen functional groups attached to an aromatic ring is 1. The molecule has 1 aromatic carbocycles. The highest BCUT2D eigenvalue weighted by atomic mass is 35.5. The van der Waals surface area contributed by atoms with Crippen LogP contribution in [0.1, 0.15) is 30.9 Å². The van der Waals surface area contributed by atoms with Gasteiger partial charge in [-0.1, -0.05) is 18.9 Å². The van der Waals surface area contributed by atoms with Gasteiger partial charge < -0.3 is 16.2 Å². The molecule has 3 rings (SSSR count). The van der Waals surface area contributed by atoms with Crippen molar-refractivity contribution in [1.29, 1.82) is 0 Å². The highest BCUT2D eigenvalue weighted by Crippen LogP contribution is 2.43. The lowest BCUT2D eigenvalue weighted by atomic mass is 9.97. The fourth-order valence-corrected chi connectivity index (χ4v) is 3.00. The zero-order chi connectivity index (χ0) is 14.1. The molecule has 4 nitrogen and oxygen atoms in total. The molecular weight excluding hydrogens is 328 g/mol. The third kappa shape index (κ3) is 4.16. The van der Waals surface area contributed by atoms with Crippen LogP contribution in [0.15, 0.2) is 12.1 Å². The van der Waals surface area contributed by atoms with Crippen molar-refractivity contribution in [3.63, 3.8) is 0 Å². The van der Waals surface area contributed by atoms with Gasteiger partial charge in [0.05, 0.1) is 0 Å². The minimum Gasteiger partial charge on any atom is -0.505 e. The summed E-state index contributed by atoms with van der Waals surface area (Å²) in [6.07, 6.45) is 3.55. The van der Waals surface area contributed by atoms with E-state index in [9.17, 15) is 9.50 Å². The number of aromatic hydroxyl groups is 1. The molecule has 0 aromatic heterocycles. The maximum atomic E-state index is 13.4. The molecule has 2 fully saturated rings. The van der Waals surface area contributed by atoms with Gasteiger partial charge in [0.25, 0.3) is 0 Å². The first-order valence-corrected chi connectivity index (χ1v) is 7.38. The number of phenolic OH excluding ortho intramolecular Hbond substituents is 1. The Morgan fingerprint density at radius 3 is 2.50 bits per heavy atom. The molecule has 0 unspecified atom stereocenters. The van der Waals surface area contributed by atoms with Crippen molar-refractivity contribution in [3.8, 4) is 5.75 Å². The Labute approximate surface area is 143 Å². The SMILES string of the molecule is Cl.Cl.Nc1c(F)ccc([C@@H](CC2CC2)N2CCNCC2)c1O. The fourth-order valence-electron chi connectivity index (χ4n) is 3.00. The largest absolute Gasteiger partial charge is 0.505 e. The van der Waals surface area contributed by atoms with E-state index in [1.165, 1.54) is 18.9 Å². The van der Waals surface area contributed by atoms with Crippen molar-refractivity contribution in [2.45, 2.75) is 25.3 Å². The topological polar surface area (TPSA) is 61.5 Å². The lowest BCUT2D eigenvalue weighted by molar-refractivity contribution is 0.158. The smallest absolute Gasteiger partial charge is 0.149 e. The lowest BCUT2D eigenvalue weighted by Gasteiger charge is -2.35. The van der Waals surface area contributed by atoms with Crippen molar-refractivity contribution in [1.82, 2.24) is 10.2 Å². The number of nitrogens with two attached hydrogens (primary N) is 1. The molecule has 0 spiro atoms. The molecule has 1 saturated carbocycles. The van der Waals surface area contributed by atoms with Gasteiger partial charge >= 0.3 is 0 Å². The van der Waals surface area contributed by atoms with Gasteiger partial charge in [-0.15, -0.1) is 24.8 Å². The summed E-state index contributed by atoms with van der Waals surface area (Å²) in [6, 6.07) is 3.20. The van der Waals surface area contributed by atoms with Crippen LogP contribution >= 0.6 is 24.8 Å². The Morgan fingerprint density at radius 1 is 1.27 bits per heavy atom. The predicted octanol–water partition coefficient (Wildman–Crippen LogP) is 2.70. The number of anilines is 1. The molecule has 1 atom stereocenters. The average molecular weight is 352 g/mol. The summed E-state index contributed by atoms with van der Waals surface area (Å²) in [5, 5.41) is 13.5. The summed E-state index contributed by atoms with van der Waals surface area (Å²) in [6.45, 7) is 3.82. The van der Waals surface area contributed by atoms with E-state index in [0.717, 1.165) is 44.1 Å². The standard InChI is InChI=1S/C15H22FN3O.2ClH/c16-12-4-3-11(15(20)14(12)17)13(9-10-1-2-10)19-7-5-18-6-8-19;;/h3-4,10,13,18,20H,1-2,5-9,17H2;2*1H/t13-;;/m1../s1. The normalized spacial score (nSPS) is 19.9. The number of phenols is 1. The first-order chi connectivity index (χ1) is 9.66. The Kier molecular flexibility index (Phi) is 7.19. The summed E-state index contributed by atoms with van der Waals surface area (Å²) >= 11 is 0. The van der Waals surface area contributed by atoms with Gasteiger partial charge in [0.1, 0.15) is 17.3 Å². The Morgan fingerprint density at radius 2 is 1.91 bits per heavy atom. The number of nitrogens with one attached hydrogen (secondary N) is 1. The second-order valence-corrected chi connectivity index (χ2v) is 5.88. The van der Waals surface area contributed by atoms with Gasteiger partial charge in [-0.25, -0.2) is 4.39 Å². The fraction of sp³-hybridized carbons (Fsp3) is 0.600. The van der Waals surface area contributed by atoms with E-state index < -0.39 is 5.82 Å². The van der Waals surface area contributed by atoms with E-state index in [1.807, 2.05) is 0 Å². The van der Waals surface area contributed by atoms with Crippen LogP contribution in [0.3, 0.4) is 0 Å². The molecule has 126 valence electrons. The van der Waals surface area contributed by atoms with Gasteiger partial charge in [-0.05, 0) is 18.4 Å². The van der Waals surface area contributed by atoms with E-state index in [0.29, 0.717) is 0 Å². The predicted molar refractivity (Wildman–Crippen MR) is 91.5 cm³/mol. The number of benzene rings is 1. The van der Waals surface area contributed by atoms with Gasteiger partial charge in [0.15, 0.2) is 0 Å². The number of nitrogens with zero attached hydrogens (tertiary/aromatic N) is 1. The Balaban J connectivity index is 0.00000121. The Bertz CT molecular complexity index is 494. The summed E-state index contributed by atoms with van der Waals surface area (Å²) in [4.78, 5) is 2.38. The summed E-state index contributed by atoms with van der Waals surface area (Å²) < 4.78 is 13.4. The van der Waals surface area contributed by atoms with Crippen LogP contribution in [0.5, 0.6) is 5.75 Å². The minimum absolute atomic E-state index is 0. The van der Waals surface area contributed by atoms with E-state index in [1.54, 1.807) is 6.07 Å². The van der Waals surface area contributed by atoms with Crippen LogP contribution in [0.25, 0.3) is 0 Å². The highest BCUT2D eigenvalue weighted by molar-refractivity contribution is 5.85. The second-order valence-electron chi connectivity index (χ2n) is 5.88. The maximum Gasteiger partial charge on any atom is 0.149 e. The molecular formula is C15H24Cl2FN3O. The average Bonchev–Trinajstić information content (AvgIpc) is 3.28. The third-order valence-electron chi connectivity index (χ3n) is 4.40. The van der Waals surface area contributed by atoms with Gasteiger partial charge in [0, 0.05) is 37.8 Å². The van der Waals surface area contributed by atoms with Crippen LogP contribution in [-0.2, 0) is 0 Å². The van der Waals surface area contributed by atoms with Crippen molar-refractivity contribution < 1.29 is 9.50 Å². The van der Waals surface area contributed by atoms with E-state index in [2.05, 4.69) is 10.2 Å². The van der Waals surface area contributed by atoms with Gasteiger partial charge in [-0.3, -0.25) is 4.90 Å². The number of halogens is 3. The third-order valence-corrected chi connectivity index (χ3v) is 4.40. The Hall–Kier alpha value is -0.750. The maximum absolute atomic E-state index is 13.4. The number of hydrogen-bond donors (Lipinski definition) is 3. The number of piperazine rings is 1. The molecule has 1 aliphatic heterocycles. The van der Waals surface area contributed by atoms with E-state index in [4.69, 9.17) is 5.73 Å². The zero-order valence-corrected chi connectivity index (χ0v) is 14.1. The summed E-state index contributed by atoms with van der Waals surface area (Å²) in [5.41, 5.74) is 6.29. The highest BCUT2D eigenvalue weighted by Gasteiger charge is 2.32. The van der Waals surface area contributed by atoms with Crippen molar-refractivity contribution in [2.75, 3.05) is 31.9 Å². The van der Waals surface area contributed by atoms with Gasteiger partial charge in [0.2, 0.25) is 0 Å². The summed E-state index contributed by atoms with van der Waals surface area (Å²) in [5.74, 6) is 0.117. The molecule has 0 amide bonds. The number of rotatable bonds is 4. The zero-order valence-electron chi connectivity index (χ0n) is 12.4. The van der Waals surface area contributed by atoms with Crippen LogP contribution in [0.4, 0.5) is 10.1 Å². The molecule has 1 aromatic rings. The molecule has 0 radical (unpaired) electrons. The first kappa shape index (κ1) is 19.3. The van der Waals surface area contributed by atoms with Crippen LogP contribution in [0, 0.1) is 11.7 Å². The minimum atomic E-state index is -0.545. The van der Waals surface area contributed by atoms with Crippen LogP contribution < -0.4 is 11.1 Å². The molecule has 1 saturated heterocycles. The molecule has 22 heavy (non-hydrogen) atoms. The monoisotopic (exact) mass is 351 g/mol. The van der Waals surface area contributed by atoms with E-state index in [-0.39, 0.29) is 42.3 Å². The summed E-state index contributed by atoms with van der Waals surface area (Å²) in [7, 11) is 0. The quantitative estimate of drug-likeness (QED) is 0.576. The van der Waals surface area contributed by atoms with Crippen LogP contribution in [0.2, 0.25) is 0 Å². The van der Waals surface area contributed by atoms with Crippen molar-refractivity contribution in [2.24, 2.45) is 5.92 Å².